The Labute approximate surface area is 125 Å². The van der Waals surface area contributed by atoms with Crippen molar-refractivity contribution in [1.82, 2.24) is 9.47 Å². The fourth-order valence-electron chi connectivity index (χ4n) is 5.40. The molecule has 2 aromatic rings. The summed E-state index contributed by atoms with van der Waals surface area (Å²) in [7, 11) is 0. The lowest BCUT2D eigenvalue weighted by molar-refractivity contribution is 0.200. The van der Waals surface area contributed by atoms with E-state index in [1.54, 1.807) is 5.69 Å². The summed E-state index contributed by atoms with van der Waals surface area (Å²) >= 11 is 0. The second kappa shape index (κ2) is 4.04. The molecule has 1 aliphatic carbocycles. The fraction of sp³-hybridized carbons (Fsp3) is 0.556. The predicted octanol–water partition coefficient (Wildman–Crippen LogP) is 3.10. The van der Waals surface area contributed by atoms with Crippen LogP contribution in [0.2, 0.25) is 0 Å². The molecule has 21 heavy (non-hydrogen) atoms. The van der Waals surface area contributed by atoms with E-state index in [0.717, 1.165) is 30.8 Å². The van der Waals surface area contributed by atoms with Crippen molar-refractivity contribution in [1.29, 1.82) is 0 Å². The van der Waals surface area contributed by atoms with Crippen LogP contribution < -0.4 is 0 Å². The zero-order valence-corrected chi connectivity index (χ0v) is 12.5. The number of fused-ring (bicyclic) bond motifs is 5. The summed E-state index contributed by atoms with van der Waals surface area (Å²) in [5.74, 6) is 2.04. The number of piperidine rings is 1. The highest BCUT2D eigenvalue weighted by Crippen LogP contribution is 2.51. The van der Waals surface area contributed by atoms with Crippen LogP contribution in [0.1, 0.15) is 36.9 Å². The van der Waals surface area contributed by atoms with Crippen LogP contribution in [0.25, 0.3) is 10.9 Å². The van der Waals surface area contributed by atoms with E-state index in [9.17, 15) is 5.11 Å². The van der Waals surface area contributed by atoms with Gasteiger partial charge in [0.2, 0.25) is 0 Å². The fourth-order valence-corrected chi connectivity index (χ4v) is 5.40. The van der Waals surface area contributed by atoms with E-state index in [1.165, 1.54) is 42.4 Å². The summed E-state index contributed by atoms with van der Waals surface area (Å²) in [6.45, 7) is 5.80. The molecule has 110 valence electrons. The lowest BCUT2D eigenvalue weighted by Gasteiger charge is -2.31. The molecule has 1 aromatic carbocycles. The third-order valence-electron chi connectivity index (χ3n) is 6.10. The molecule has 0 spiro atoms. The largest absolute Gasteiger partial charge is 0.508 e. The van der Waals surface area contributed by atoms with Crippen molar-refractivity contribution in [2.75, 3.05) is 13.1 Å². The van der Waals surface area contributed by atoms with E-state index < -0.39 is 0 Å². The van der Waals surface area contributed by atoms with Crippen LogP contribution in [0.3, 0.4) is 0 Å². The molecule has 2 aliphatic heterocycles. The SMILES string of the molecule is CCn1c2c(c3cc(O)ccc31)CCN1C[C@H]3C[C@@H]2[C@@H]1C3. The van der Waals surface area contributed by atoms with Gasteiger partial charge in [-0.1, -0.05) is 0 Å². The van der Waals surface area contributed by atoms with Gasteiger partial charge in [-0.15, -0.1) is 0 Å². The monoisotopic (exact) mass is 282 g/mol. The topological polar surface area (TPSA) is 28.4 Å². The van der Waals surface area contributed by atoms with Gasteiger partial charge in [-0.05, 0) is 55.9 Å². The lowest BCUT2D eigenvalue weighted by Crippen LogP contribution is -2.36. The van der Waals surface area contributed by atoms with Crippen molar-refractivity contribution in [3.63, 3.8) is 0 Å². The van der Waals surface area contributed by atoms with Crippen molar-refractivity contribution in [3.8, 4) is 5.75 Å². The van der Waals surface area contributed by atoms with E-state index in [2.05, 4.69) is 22.5 Å². The van der Waals surface area contributed by atoms with Crippen molar-refractivity contribution in [2.45, 2.75) is 44.7 Å². The summed E-state index contributed by atoms with van der Waals surface area (Å²) in [6.07, 6.45) is 3.92. The average molecular weight is 282 g/mol. The average Bonchev–Trinajstić information content (AvgIpc) is 3.13. The quantitative estimate of drug-likeness (QED) is 0.870. The number of benzene rings is 1. The Hall–Kier alpha value is -1.48. The number of aryl methyl sites for hydroxylation is 1. The van der Waals surface area contributed by atoms with Crippen molar-refractivity contribution in [2.24, 2.45) is 5.92 Å². The number of rotatable bonds is 1. The Morgan fingerprint density at radius 2 is 2.19 bits per heavy atom. The first-order valence-electron chi connectivity index (χ1n) is 8.34. The van der Waals surface area contributed by atoms with E-state index in [0.29, 0.717) is 5.75 Å². The molecule has 0 unspecified atom stereocenters. The number of aromatic hydroxyl groups is 1. The maximum atomic E-state index is 9.91. The summed E-state index contributed by atoms with van der Waals surface area (Å²) in [4.78, 5) is 2.73. The first kappa shape index (κ1) is 12.1. The van der Waals surface area contributed by atoms with Crippen molar-refractivity contribution >= 4 is 10.9 Å². The van der Waals surface area contributed by atoms with Crippen LogP contribution in [-0.4, -0.2) is 33.7 Å². The first-order valence-corrected chi connectivity index (χ1v) is 8.34. The van der Waals surface area contributed by atoms with Gasteiger partial charge in [0.15, 0.2) is 0 Å². The van der Waals surface area contributed by atoms with Crippen LogP contribution in [0, 0.1) is 5.92 Å². The van der Waals surface area contributed by atoms with E-state index in [4.69, 9.17) is 0 Å². The summed E-state index contributed by atoms with van der Waals surface area (Å²) in [5.41, 5.74) is 4.42. The Balaban J connectivity index is 1.80. The highest BCUT2D eigenvalue weighted by atomic mass is 16.3. The van der Waals surface area contributed by atoms with Crippen molar-refractivity contribution in [3.05, 3.63) is 29.5 Å². The Bertz CT molecular complexity index is 732. The van der Waals surface area contributed by atoms with Gasteiger partial charge in [0.25, 0.3) is 0 Å². The highest BCUT2D eigenvalue weighted by Gasteiger charge is 2.48. The third kappa shape index (κ3) is 1.48. The van der Waals surface area contributed by atoms with Crippen molar-refractivity contribution < 1.29 is 5.11 Å². The molecule has 2 bridgehead atoms. The van der Waals surface area contributed by atoms with Gasteiger partial charge < -0.3 is 9.67 Å². The minimum atomic E-state index is 0.398. The second-order valence-electron chi connectivity index (χ2n) is 7.07. The third-order valence-corrected chi connectivity index (χ3v) is 6.10. The van der Waals surface area contributed by atoms with Crippen LogP contribution in [0.5, 0.6) is 5.75 Å². The van der Waals surface area contributed by atoms with Gasteiger partial charge in [0.1, 0.15) is 5.75 Å². The number of phenols is 1. The molecule has 3 heterocycles. The Morgan fingerprint density at radius 3 is 3.00 bits per heavy atom. The number of aromatic nitrogens is 1. The molecular formula is C18H22N2O. The predicted molar refractivity (Wildman–Crippen MR) is 83.8 cm³/mol. The van der Waals surface area contributed by atoms with E-state index in [-0.39, 0.29) is 0 Å². The van der Waals surface area contributed by atoms with Gasteiger partial charge in [0, 0.05) is 48.2 Å². The lowest BCUT2D eigenvalue weighted by atomic mass is 9.93. The number of hydrogen-bond acceptors (Lipinski definition) is 2. The molecule has 1 N–H and O–H groups in total. The number of nitrogens with zero attached hydrogens (tertiary/aromatic N) is 2. The summed E-state index contributed by atoms with van der Waals surface area (Å²) < 4.78 is 2.53. The molecule has 1 aromatic heterocycles. The molecule has 3 atom stereocenters. The summed E-state index contributed by atoms with van der Waals surface area (Å²) in [6, 6.07) is 6.70. The minimum absolute atomic E-state index is 0.398. The van der Waals surface area contributed by atoms with Gasteiger partial charge in [-0.3, -0.25) is 4.90 Å². The molecule has 0 radical (unpaired) electrons. The molecule has 1 saturated heterocycles. The maximum Gasteiger partial charge on any atom is 0.116 e. The second-order valence-corrected chi connectivity index (χ2v) is 7.07. The van der Waals surface area contributed by atoms with Gasteiger partial charge in [0.05, 0.1) is 0 Å². The molecule has 3 nitrogen and oxygen atoms in total. The Kier molecular flexibility index (Phi) is 2.33. The number of phenolic OH excluding ortho intramolecular Hbond substituents is 1. The highest BCUT2D eigenvalue weighted by molar-refractivity contribution is 5.87. The molecule has 1 saturated carbocycles. The standard InChI is InChI=1S/C18H22N2O/c1-2-20-16-4-3-12(21)9-14(16)13-5-6-19-10-11-7-15(18(13)20)17(19)8-11/h3-4,9,11,15,17,21H,2,5-8,10H2,1H3/t11-,15+,17-/m0/s1. The van der Waals surface area contributed by atoms with Gasteiger partial charge >= 0.3 is 0 Å². The minimum Gasteiger partial charge on any atom is -0.508 e. The molecule has 5 rings (SSSR count). The van der Waals surface area contributed by atoms with Crippen LogP contribution >= 0.6 is 0 Å². The first-order chi connectivity index (χ1) is 10.3. The molecular weight excluding hydrogens is 260 g/mol. The van der Waals surface area contributed by atoms with Gasteiger partial charge in [-0.25, -0.2) is 0 Å². The van der Waals surface area contributed by atoms with Gasteiger partial charge in [-0.2, -0.15) is 0 Å². The van der Waals surface area contributed by atoms with E-state index >= 15 is 0 Å². The molecule has 3 heteroatoms. The smallest absolute Gasteiger partial charge is 0.116 e. The normalized spacial score (nSPS) is 30.8. The summed E-state index contributed by atoms with van der Waals surface area (Å²) in [5, 5.41) is 11.2. The van der Waals surface area contributed by atoms with Crippen LogP contribution in [0.15, 0.2) is 18.2 Å². The molecule has 2 fully saturated rings. The van der Waals surface area contributed by atoms with Crippen LogP contribution in [0.4, 0.5) is 0 Å². The zero-order valence-electron chi connectivity index (χ0n) is 12.5. The maximum absolute atomic E-state index is 9.91. The Morgan fingerprint density at radius 1 is 1.29 bits per heavy atom. The molecule has 3 aliphatic rings. The van der Waals surface area contributed by atoms with E-state index in [1.807, 2.05) is 12.1 Å². The van der Waals surface area contributed by atoms with Crippen LogP contribution in [-0.2, 0) is 13.0 Å². The zero-order chi connectivity index (χ0) is 14.1. The number of hydrogen-bond donors (Lipinski definition) is 1. The molecule has 0 amide bonds.